The van der Waals surface area contributed by atoms with Gasteiger partial charge in [0, 0.05) is 5.56 Å². The van der Waals surface area contributed by atoms with E-state index in [1.54, 1.807) is 0 Å². The SMILES string of the molecule is COc1ccc(C(=O)CCl)cc1S(N)(=O)=O. The maximum Gasteiger partial charge on any atom is 0.241 e. The molecule has 0 spiro atoms. The molecule has 0 aliphatic heterocycles. The molecule has 0 amide bonds. The van der Waals surface area contributed by atoms with Crippen LogP contribution in [0.4, 0.5) is 0 Å². The summed E-state index contributed by atoms with van der Waals surface area (Å²) in [6, 6.07) is 3.94. The minimum Gasteiger partial charge on any atom is -0.495 e. The number of carbonyl (C=O) groups excluding carboxylic acids is 1. The Morgan fingerprint density at radius 2 is 2.12 bits per heavy atom. The fraction of sp³-hybridized carbons (Fsp3) is 0.222. The Labute approximate surface area is 98.2 Å². The van der Waals surface area contributed by atoms with Gasteiger partial charge in [0.2, 0.25) is 10.0 Å². The molecule has 88 valence electrons. The van der Waals surface area contributed by atoms with Gasteiger partial charge in [-0.25, -0.2) is 13.6 Å². The zero-order valence-electron chi connectivity index (χ0n) is 8.44. The van der Waals surface area contributed by atoms with Crippen LogP contribution in [-0.2, 0) is 10.0 Å². The monoisotopic (exact) mass is 263 g/mol. The number of carbonyl (C=O) groups is 1. The molecule has 0 heterocycles. The fourth-order valence-corrected chi connectivity index (χ4v) is 2.03. The molecule has 0 atom stereocenters. The summed E-state index contributed by atoms with van der Waals surface area (Å²) < 4.78 is 27.3. The van der Waals surface area contributed by atoms with E-state index < -0.39 is 10.0 Å². The number of halogens is 1. The summed E-state index contributed by atoms with van der Waals surface area (Å²) in [5.41, 5.74) is 0.180. The van der Waals surface area contributed by atoms with Crippen LogP contribution < -0.4 is 9.88 Å². The number of ketones is 1. The van der Waals surface area contributed by atoms with Crippen molar-refractivity contribution in [2.45, 2.75) is 4.90 Å². The number of Topliss-reactive ketones (excluding diaryl/α,β-unsaturated/α-hetero) is 1. The smallest absolute Gasteiger partial charge is 0.241 e. The molecule has 0 aliphatic rings. The van der Waals surface area contributed by atoms with Crippen LogP contribution in [0.5, 0.6) is 5.75 Å². The molecule has 1 rings (SSSR count). The summed E-state index contributed by atoms with van der Waals surface area (Å²) in [6.07, 6.45) is 0. The van der Waals surface area contributed by atoms with Gasteiger partial charge in [-0.3, -0.25) is 4.79 Å². The highest BCUT2D eigenvalue weighted by molar-refractivity contribution is 7.89. The van der Waals surface area contributed by atoms with Crippen molar-refractivity contribution >= 4 is 27.4 Å². The molecule has 2 N–H and O–H groups in total. The fourth-order valence-electron chi connectivity index (χ4n) is 1.15. The van der Waals surface area contributed by atoms with Gasteiger partial charge in [0.15, 0.2) is 5.78 Å². The third kappa shape index (κ3) is 2.72. The van der Waals surface area contributed by atoms with Crippen LogP contribution in [0, 0.1) is 0 Å². The molecule has 16 heavy (non-hydrogen) atoms. The average Bonchev–Trinajstić information content (AvgIpc) is 2.26. The highest BCUT2D eigenvalue weighted by Gasteiger charge is 2.17. The number of rotatable bonds is 4. The molecule has 1 aromatic rings. The number of nitrogens with two attached hydrogens (primary N) is 1. The number of primary sulfonamides is 1. The van der Waals surface area contributed by atoms with Gasteiger partial charge in [-0.15, -0.1) is 11.6 Å². The highest BCUT2D eigenvalue weighted by atomic mass is 35.5. The van der Waals surface area contributed by atoms with E-state index in [9.17, 15) is 13.2 Å². The average molecular weight is 264 g/mol. The molecule has 1 aromatic carbocycles. The summed E-state index contributed by atoms with van der Waals surface area (Å²) in [6.45, 7) is 0. The first kappa shape index (κ1) is 13.0. The minimum absolute atomic E-state index is 0.0913. The molecular weight excluding hydrogens is 254 g/mol. The lowest BCUT2D eigenvalue weighted by Gasteiger charge is -2.07. The molecule has 0 radical (unpaired) electrons. The van der Waals surface area contributed by atoms with E-state index in [0.29, 0.717) is 0 Å². The topological polar surface area (TPSA) is 86.5 Å². The van der Waals surface area contributed by atoms with Crippen LogP contribution >= 0.6 is 11.6 Å². The van der Waals surface area contributed by atoms with Gasteiger partial charge in [-0.05, 0) is 18.2 Å². The quantitative estimate of drug-likeness (QED) is 0.642. The van der Waals surface area contributed by atoms with E-state index in [0.717, 1.165) is 6.07 Å². The Morgan fingerprint density at radius 3 is 2.56 bits per heavy atom. The van der Waals surface area contributed by atoms with E-state index in [1.165, 1.54) is 19.2 Å². The summed E-state index contributed by atoms with van der Waals surface area (Å²) in [5, 5.41) is 4.99. The van der Waals surface area contributed by atoms with Gasteiger partial charge in [0.05, 0.1) is 13.0 Å². The maximum absolute atomic E-state index is 11.3. The van der Waals surface area contributed by atoms with Crippen molar-refractivity contribution in [3.8, 4) is 5.75 Å². The van der Waals surface area contributed by atoms with Crippen LogP contribution in [0.2, 0.25) is 0 Å². The van der Waals surface area contributed by atoms with Crippen molar-refractivity contribution in [1.82, 2.24) is 0 Å². The van der Waals surface area contributed by atoms with Crippen molar-refractivity contribution in [2.75, 3.05) is 13.0 Å². The Kier molecular flexibility index (Phi) is 3.90. The zero-order valence-corrected chi connectivity index (χ0v) is 10.0. The standard InChI is InChI=1S/C9H10ClNO4S/c1-15-8-3-2-6(7(12)5-10)4-9(8)16(11,13)14/h2-4H,5H2,1H3,(H2,11,13,14). The van der Waals surface area contributed by atoms with Crippen molar-refractivity contribution in [2.24, 2.45) is 5.14 Å². The van der Waals surface area contributed by atoms with E-state index in [4.69, 9.17) is 21.5 Å². The number of sulfonamides is 1. The maximum atomic E-state index is 11.3. The van der Waals surface area contributed by atoms with Crippen molar-refractivity contribution < 1.29 is 17.9 Å². The van der Waals surface area contributed by atoms with Gasteiger partial charge in [0.1, 0.15) is 10.6 Å². The molecule has 0 saturated carbocycles. The van der Waals surface area contributed by atoms with E-state index in [2.05, 4.69) is 0 Å². The Bertz CT molecular complexity index is 512. The van der Waals surface area contributed by atoms with Gasteiger partial charge in [-0.1, -0.05) is 0 Å². The van der Waals surface area contributed by atoms with Gasteiger partial charge < -0.3 is 4.74 Å². The number of hydrogen-bond donors (Lipinski definition) is 1. The summed E-state index contributed by atoms with van der Waals surface area (Å²) in [7, 11) is -2.62. The Hall–Kier alpha value is -1.11. The first-order valence-corrected chi connectivity index (χ1v) is 6.28. The van der Waals surface area contributed by atoms with Crippen molar-refractivity contribution in [1.29, 1.82) is 0 Å². The van der Waals surface area contributed by atoms with Crippen LogP contribution in [-0.4, -0.2) is 27.2 Å². The van der Waals surface area contributed by atoms with Crippen LogP contribution in [0.3, 0.4) is 0 Å². The van der Waals surface area contributed by atoms with E-state index >= 15 is 0 Å². The molecule has 0 aliphatic carbocycles. The molecule has 0 saturated heterocycles. The molecule has 0 unspecified atom stereocenters. The number of alkyl halides is 1. The first-order chi connectivity index (χ1) is 7.40. The van der Waals surface area contributed by atoms with Crippen molar-refractivity contribution in [3.63, 3.8) is 0 Å². The molecule has 7 heteroatoms. The number of hydrogen-bond acceptors (Lipinski definition) is 4. The number of methoxy groups -OCH3 is 1. The second kappa shape index (κ2) is 4.82. The molecular formula is C9H10ClNO4S. The first-order valence-electron chi connectivity index (χ1n) is 4.20. The Morgan fingerprint density at radius 1 is 1.50 bits per heavy atom. The predicted octanol–water partition coefficient (Wildman–Crippen LogP) is 0.764. The molecule has 5 nitrogen and oxygen atoms in total. The lowest BCUT2D eigenvalue weighted by atomic mass is 10.1. The summed E-state index contributed by atoms with van der Waals surface area (Å²) >= 11 is 5.37. The highest BCUT2D eigenvalue weighted by Crippen LogP contribution is 2.23. The summed E-state index contributed by atoms with van der Waals surface area (Å²) in [4.78, 5) is 11.1. The third-order valence-electron chi connectivity index (χ3n) is 1.91. The normalized spacial score (nSPS) is 11.2. The van der Waals surface area contributed by atoms with Gasteiger partial charge in [0.25, 0.3) is 0 Å². The largest absolute Gasteiger partial charge is 0.495 e. The van der Waals surface area contributed by atoms with Crippen LogP contribution in [0.25, 0.3) is 0 Å². The predicted molar refractivity (Wildman–Crippen MR) is 59.4 cm³/mol. The third-order valence-corrected chi connectivity index (χ3v) is 3.09. The second-order valence-electron chi connectivity index (χ2n) is 2.97. The van der Waals surface area contributed by atoms with E-state index in [1.807, 2.05) is 0 Å². The summed E-state index contributed by atoms with van der Waals surface area (Å²) in [5.74, 6) is -0.515. The lowest BCUT2D eigenvalue weighted by Crippen LogP contribution is -2.14. The van der Waals surface area contributed by atoms with Gasteiger partial charge >= 0.3 is 0 Å². The zero-order chi connectivity index (χ0) is 12.3. The second-order valence-corrected chi connectivity index (χ2v) is 4.76. The molecule has 0 bridgehead atoms. The Balaban J connectivity index is 3.39. The molecule has 0 fully saturated rings. The minimum atomic E-state index is -3.93. The van der Waals surface area contributed by atoms with Crippen LogP contribution in [0.1, 0.15) is 10.4 Å². The van der Waals surface area contributed by atoms with Gasteiger partial charge in [-0.2, -0.15) is 0 Å². The number of ether oxygens (including phenoxy) is 1. The van der Waals surface area contributed by atoms with Crippen LogP contribution in [0.15, 0.2) is 23.1 Å². The van der Waals surface area contributed by atoms with Crippen molar-refractivity contribution in [3.05, 3.63) is 23.8 Å². The van der Waals surface area contributed by atoms with E-state index in [-0.39, 0.29) is 27.9 Å². The lowest BCUT2D eigenvalue weighted by molar-refractivity contribution is 0.102. The number of benzene rings is 1. The molecule has 0 aromatic heterocycles.